The molecule has 0 bridgehead atoms. The minimum atomic E-state index is 0.799. The van der Waals surface area contributed by atoms with E-state index in [2.05, 4.69) is 35.2 Å². The lowest BCUT2D eigenvalue weighted by Gasteiger charge is -2.39. The number of hydrogen-bond donors (Lipinski definition) is 0. The van der Waals surface area contributed by atoms with Crippen LogP contribution in [0.15, 0.2) is 30.3 Å². The fourth-order valence-corrected chi connectivity index (χ4v) is 4.12. The Morgan fingerprint density at radius 3 is 2.40 bits per heavy atom. The maximum Gasteiger partial charge on any atom is 0.0136 e. The summed E-state index contributed by atoms with van der Waals surface area (Å²) in [6, 6.07) is 11.9. The van der Waals surface area contributed by atoms with Gasteiger partial charge in [-0.15, -0.1) is 0 Å². The van der Waals surface area contributed by atoms with Crippen molar-refractivity contribution in [2.45, 2.75) is 63.8 Å². The van der Waals surface area contributed by atoms with Gasteiger partial charge in [-0.05, 0) is 50.1 Å². The van der Waals surface area contributed by atoms with E-state index in [1.54, 1.807) is 0 Å². The second-order valence-corrected chi connectivity index (χ2v) is 6.84. The molecular formula is C19H29N. The molecule has 3 rings (SSSR count). The molecule has 1 saturated heterocycles. The van der Waals surface area contributed by atoms with Crippen LogP contribution in [0.2, 0.25) is 0 Å². The molecule has 0 aromatic heterocycles. The van der Waals surface area contributed by atoms with Crippen molar-refractivity contribution in [1.82, 2.24) is 4.90 Å². The monoisotopic (exact) mass is 271 g/mol. The number of benzene rings is 1. The summed E-state index contributed by atoms with van der Waals surface area (Å²) < 4.78 is 0. The molecule has 1 nitrogen and oxygen atoms in total. The molecule has 1 aliphatic carbocycles. The van der Waals surface area contributed by atoms with Crippen molar-refractivity contribution in [1.29, 1.82) is 0 Å². The first kappa shape index (κ1) is 14.1. The van der Waals surface area contributed by atoms with E-state index in [0.717, 1.165) is 12.0 Å². The Kier molecular flexibility index (Phi) is 5.13. The fraction of sp³-hybridized carbons (Fsp3) is 0.684. The molecule has 110 valence electrons. The van der Waals surface area contributed by atoms with Crippen LogP contribution in [0, 0.1) is 5.92 Å². The van der Waals surface area contributed by atoms with Gasteiger partial charge in [0.25, 0.3) is 0 Å². The summed E-state index contributed by atoms with van der Waals surface area (Å²) in [5.41, 5.74) is 1.52. The number of piperidine rings is 1. The molecule has 0 N–H and O–H groups in total. The highest BCUT2D eigenvalue weighted by molar-refractivity contribution is 5.16. The van der Waals surface area contributed by atoms with E-state index in [9.17, 15) is 0 Å². The highest BCUT2D eigenvalue weighted by Gasteiger charge is 2.25. The average Bonchev–Trinajstić information content (AvgIpc) is 2.51. The van der Waals surface area contributed by atoms with Gasteiger partial charge in [-0.2, -0.15) is 0 Å². The molecule has 1 unspecified atom stereocenters. The smallest absolute Gasteiger partial charge is 0.0136 e. The summed E-state index contributed by atoms with van der Waals surface area (Å²) in [5, 5.41) is 0. The largest absolute Gasteiger partial charge is 0.300 e. The third-order valence-electron chi connectivity index (χ3n) is 5.28. The van der Waals surface area contributed by atoms with Gasteiger partial charge in [-0.25, -0.2) is 0 Å². The summed E-state index contributed by atoms with van der Waals surface area (Å²) in [7, 11) is 0. The van der Waals surface area contributed by atoms with Gasteiger partial charge in [-0.3, -0.25) is 4.90 Å². The van der Waals surface area contributed by atoms with E-state index < -0.39 is 0 Å². The number of likely N-dealkylation sites (tertiary alicyclic amines) is 1. The summed E-state index contributed by atoms with van der Waals surface area (Å²) in [5.74, 6) is 0.986. The van der Waals surface area contributed by atoms with Crippen molar-refractivity contribution >= 4 is 0 Å². The molecule has 2 aliphatic rings. The molecule has 1 aromatic carbocycles. The van der Waals surface area contributed by atoms with Crippen LogP contribution in [0.1, 0.15) is 56.9 Å². The highest BCUT2D eigenvalue weighted by atomic mass is 15.2. The van der Waals surface area contributed by atoms with Gasteiger partial charge < -0.3 is 0 Å². The van der Waals surface area contributed by atoms with Crippen LogP contribution in [0.3, 0.4) is 0 Å². The van der Waals surface area contributed by atoms with E-state index >= 15 is 0 Å². The number of hydrogen-bond acceptors (Lipinski definition) is 1. The van der Waals surface area contributed by atoms with Crippen molar-refractivity contribution < 1.29 is 0 Å². The Hall–Kier alpha value is -0.820. The maximum absolute atomic E-state index is 2.83. The third-order valence-corrected chi connectivity index (χ3v) is 5.28. The van der Waals surface area contributed by atoms with Gasteiger partial charge in [-0.1, -0.05) is 56.0 Å². The van der Waals surface area contributed by atoms with Gasteiger partial charge in [0, 0.05) is 12.6 Å². The van der Waals surface area contributed by atoms with E-state index in [1.807, 2.05) is 0 Å². The lowest BCUT2D eigenvalue weighted by atomic mass is 9.87. The molecule has 1 heteroatoms. The summed E-state index contributed by atoms with van der Waals surface area (Å²) in [6.45, 7) is 2.71. The zero-order chi connectivity index (χ0) is 13.6. The normalized spacial score (nSPS) is 25.7. The zero-order valence-corrected chi connectivity index (χ0v) is 12.8. The molecule has 1 saturated carbocycles. The lowest BCUT2D eigenvalue weighted by molar-refractivity contribution is 0.112. The topological polar surface area (TPSA) is 3.24 Å². The lowest BCUT2D eigenvalue weighted by Crippen LogP contribution is -2.43. The Morgan fingerprint density at radius 2 is 1.60 bits per heavy atom. The van der Waals surface area contributed by atoms with Gasteiger partial charge in [0.1, 0.15) is 0 Å². The second kappa shape index (κ2) is 7.26. The predicted molar refractivity (Wildman–Crippen MR) is 85.9 cm³/mol. The van der Waals surface area contributed by atoms with Crippen LogP contribution in [0.25, 0.3) is 0 Å². The molecule has 0 radical (unpaired) electrons. The van der Waals surface area contributed by atoms with Crippen molar-refractivity contribution in [2.75, 3.05) is 13.1 Å². The molecule has 2 fully saturated rings. The van der Waals surface area contributed by atoms with E-state index in [-0.39, 0.29) is 0 Å². The van der Waals surface area contributed by atoms with Crippen LogP contribution >= 0.6 is 0 Å². The van der Waals surface area contributed by atoms with Gasteiger partial charge in [0.2, 0.25) is 0 Å². The van der Waals surface area contributed by atoms with Crippen LogP contribution in [0.5, 0.6) is 0 Å². The van der Waals surface area contributed by atoms with Crippen molar-refractivity contribution in [2.24, 2.45) is 5.92 Å². The average molecular weight is 271 g/mol. The summed E-state index contributed by atoms with van der Waals surface area (Å²) in [4.78, 5) is 2.83. The molecule has 0 amide bonds. The number of nitrogens with zero attached hydrogens (tertiary/aromatic N) is 1. The Labute approximate surface area is 124 Å². The first-order chi connectivity index (χ1) is 9.92. The second-order valence-electron chi connectivity index (χ2n) is 6.84. The van der Waals surface area contributed by atoms with Crippen molar-refractivity contribution in [3.63, 3.8) is 0 Å². The third kappa shape index (κ3) is 3.85. The highest BCUT2D eigenvalue weighted by Crippen LogP contribution is 2.28. The predicted octanol–water partition coefficient (Wildman–Crippen LogP) is 4.66. The standard InChI is InChI=1S/C19H29N/c1-3-9-17(10-4-1)15-19-13-7-8-14-20(19)16-18-11-5-2-6-12-18/h1,3-4,9-10,18-19H,2,5-8,11-16H2. The molecule has 1 aromatic rings. The van der Waals surface area contributed by atoms with Gasteiger partial charge >= 0.3 is 0 Å². The van der Waals surface area contributed by atoms with Crippen LogP contribution in [-0.4, -0.2) is 24.0 Å². The Morgan fingerprint density at radius 1 is 0.850 bits per heavy atom. The van der Waals surface area contributed by atoms with Crippen LogP contribution < -0.4 is 0 Å². The molecule has 1 aliphatic heterocycles. The zero-order valence-electron chi connectivity index (χ0n) is 12.8. The first-order valence-electron chi connectivity index (χ1n) is 8.70. The van der Waals surface area contributed by atoms with E-state index in [1.165, 1.54) is 76.4 Å². The Balaban J connectivity index is 1.58. The van der Waals surface area contributed by atoms with E-state index in [4.69, 9.17) is 0 Å². The Bertz CT molecular complexity index is 380. The van der Waals surface area contributed by atoms with Crippen molar-refractivity contribution in [3.05, 3.63) is 35.9 Å². The van der Waals surface area contributed by atoms with Gasteiger partial charge in [0.15, 0.2) is 0 Å². The molecule has 20 heavy (non-hydrogen) atoms. The minimum absolute atomic E-state index is 0.799. The molecular weight excluding hydrogens is 242 g/mol. The van der Waals surface area contributed by atoms with Crippen LogP contribution in [0.4, 0.5) is 0 Å². The van der Waals surface area contributed by atoms with E-state index in [0.29, 0.717) is 0 Å². The first-order valence-corrected chi connectivity index (χ1v) is 8.70. The molecule has 1 heterocycles. The molecule has 1 atom stereocenters. The number of rotatable bonds is 4. The van der Waals surface area contributed by atoms with Crippen LogP contribution in [-0.2, 0) is 6.42 Å². The maximum atomic E-state index is 2.83. The summed E-state index contributed by atoms with van der Waals surface area (Å²) >= 11 is 0. The molecule has 0 spiro atoms. The summed E-state index contributed by atoms with van der Waals surface area (Å²) in [6.07, 6.45) is 12.9. The van der Waals surface area contributed by atoms with Gasteiger partial charge in [0.05, 0.1) is 0 Å². The van der Waals surface area contributed by atoms with Crippen molar-refractivity contribution in [3.8, 4) is 0 Å². The fourth-order valence-electron chi connectivity index (χ4n) is 4.12. The SMILES string of the molecule is c1ccc(CC2CCCCN2CC2CCCCC2)cc1. The minimum Gasteiger partial charge on any atom is -0.300 e. The quantitative estimate of drug-likeness (QED) is 0.769.